The summed E-state index contributed by atoms with van der Waals surface area (Å²) in [4.78, 5) is 15.7. The van der Waals surface area contributed by atoms with E-state index in [-0.39, 0.29) is 19.1 Å². The van der Waals surface area contributed by atoms with Gasteiger partial charge in [0.15, 0.2) is 6.61 Å². The van der Waals surface area contributed by atoms with Crippen LogP contribution in [0.2, 0.25) is 0 Å². The minimum Gasteiger partial charge on any atom is -0.497 e. The van der Waals surface area contributed by atoms with Crippen molar-refractivity contribution in [2.75, 3.05) is 19.0 Å². The molecule has 1 heterocycles. The van der Waals surface area contributed by atoms with Crippen molar-refractivity contribution in [1.29, 1.82) is 0 Å². The number of pyridine rings is 1. The fourth-order valence-electron chi connectivity index (χ4n) is 1.61. The monoisotopic (exact) mass is 288 g/mol. The van der Waals surface area contributed by atoms with Crippen molar-refractivity contribution in [3.05, 3.63) is 48.2 Å². The maximum Gasteiger partial charge on any atom is 0.263 e. The molecule has 0 atom stereocenters. The highest BCUT2D eigenvalue weighted by molar-refractivity contribution is 5.90. The Bertz CT molecular complexity index is 599. The summed E-state index contributed by atoms with van der Waals surface area (Å²) in [6.07, 6.45) is 1.50. The standard InChI is InChI=1S/C15H16N2O4/c1-20-12-3-2-4-13(7-12)21-10-15(19)17-14-6-5-11(9-18)8-16-14/h2-8,18H,9-10H2,1H3,(H,16,17,19). The van der Waals surface area contributed by atoms with E-state index in [9.17, 15) is 4.79 Å². The first-order valence-electron chi connectivity index (χ1n) is 6.34. The summed E-state index contributed by atoms with van der Waals surface area (Å²) in [5.74, 6) is 1.30. The lowest BCUT2D eigenvalue weighted by Gasteiger charge is -2.08. The molecule has 2 rings (SSSR count). The summed E-state index contributed by atoms with van der Waals surface area (Å²) in [7, 11) is 1.56. The van der Waals surface area contributed by atoms with E-state index >= 15 is 0 Å². The van der Waals surface area contributed by atoms with Crippen LogP contribution >= 0.6 is 0 Å². The molecule has 6 heteroatoms. The second-order valence-corrected chi connectivity index (χ2v) is 4.23. The Morgan fingerprint density at radius 1 is 1.29 bits per heavy atom. The molecule has 0 radical (unpaired) electrons. The summed E-state index contributed by atoms with van der Waals surface area (Å²) in [5, 5.41) is 11.5. The molecule has 1 aromatic carbocycles. The quantitative estimate of drug-likeness (QED) is 0.844. The number of aliphatic hydroxyl groups excluding tert-OH is 1. The van der Waals surface area contributed by atoms with Crippen LogP contribution in [0.5, 0.6) is 11.5 Å². The molecular weight excluding hydrogens is 272 g/mol. The number of hydrogen-bond donors (Lipinski definition) is 2. The van der Waals surface area contributed by atoms with Gasteiger partial charge >= 0.3 is 0 Å². The molecule has 0 saturated carbocycles. The molecule has 2 aromatic rings. The molecule has 1 aromatic heterocycles. The summed E-state index contributed by atoms with van der Waals surface area (Å²) >= 11 is 0. The van der Waals surface area contributed by atoms with Gasteiger partial charge in [-0.05, 0) is 23.8 Å². The van der Waals surface area contributed by atoms with E-state index in [1.165, 1.54) is 6.20 Å². The number of carbonyl (C=O) groups excluding carboxylic acids is 1. The number of aliphatic hydroxyl groups is 1. The summed E-state index contributed by atoms with van der Waals surface area (Å²) < 4.78 is 10.4. The summed E-state index contributed by atoms with van der Waals surface area (Å²) in [6.45, 7) is -0.212. The number of rotatable bonds is 6. The molecule has 1 amide bonds. The second-order valence-electron chi connectivity index (χ2n) is 4.23. The van der Waals surface area contributed by atoms with Crippen LogP contribution in [-0.2, 0) is 11.4 Å². The number of ether oxygens (including phenoxy) is 2. The molecule has 0 fully saturated rings. The highest BCUT2D eigenvalue weighted by Crippen LogP contribution is 2.18. The molecule has 6 nitrogen and oxygen atoms in total. The van der Waals surface area contributed by atoms with Crippen molar-refractivity contribution in [2.24, 2.45) is 0 Å². The highest BCUT2D eigenvalue weighted by atomic mass is 16.5. The first kappa shape index (κ1) is 14.8. The van der Waals surface area contributed by atoms with Crippen molar-refractivity contribution in [2.45, 2.75) is 6.61 Å². The van der Waals surface area contributed by atoms with Crippen LogP contribution in [0.25, 0.3) is 0 Å². The zero-order valence-electron chi connectivity index (χ0n) is 11.6. The Kier molecular flexibility index (Phi) is 5.11. The normalized spacial score (nSPS) is 10.0. The van der Waals surface area contributed by atoms with Crippen LogP contribution < -0.4 is 14.8 Å². The Morgan fingerprint density at radius 2 is 2.10 bits per heavy atom. The van der Waals surface area contributed by atoms with E-state index in [0.717, 1.165) is 0 Å². The number of aromatic nitrogens is 1. The van der Waals surface area contributed by atoms with Gasteiger partial charge in [0.1, 0.15) is 17.3 Å². The molecule has 2 N–H and O–H groups in total. The van der Waals surface area contributed by atoms with Gasteiger partial charge in [-0.1, -0.05) is 12.1 Å². The number of nitrogens with one attached hydrogen (secondary N) is 1. The number of nitrogens with zero attached hydrogens (tertiary/aromatic N) is 1. The fourth-order valence-corrected chi connectivity index (χ4v) is 1.61. The van der Waals surface area contributed by atoms with E-state index in [0.29, 0.717) is 22.9 Å². The maximum absolute atomic E-state index is 11.7. The third-order valence-corrected chi connectivity index (χ3v) is 2.69. The first-order valence-corrected chi connectivity index (χ1v) is 6.34. The van der Waals surface area contributed by atoms with Gasteiger partial charge in [-0.25, -0.2) is 4.98 Å². The van der Waals surface area contributed by atoms with Gasteiger partial charge in [-0.15, -0.1) is 0 Å². The van der Waals surface area contributed by atoms with Crippen LogP contribution in [-0.4, -0.2) is 29.7 Å². The van der Waals surface area contributed by atoms with Gasteiger partial charge in [0.2, 0.25) is 0 Å². The van der Waals surface area contributed by atoms with Crippen molar-refractivity contribution >= 4 is 11.7 Å². The molecule has 0 unspecified atom stereocenters. The topological polar surface area (TPSA) is 80.7 Å². The third kappa shape index (κ3) is 4.47. The second kappa shape index (κ2) is 7.25. The van der Waals surface area contributed by atoms with Crippen molar-refractivity contribution in [3.63, 3.8) is 0 Å². The Morgan fingerprint density at radius 3 is 2.76 bits per heavy atom. The molecule has 0 saturated heterocycles. The van der Waals surface area contributed by atoms with Crippen LogP contribution in [0.4, 0.5) is 5.82 Å². The predicted octanol–water partition coefficient (Wildman–Crippen LogP) is 1.60. The van der Waals surface area contributed by atoms with E-state index in [1.807, 2.05) is 0 Å². The number of amides is 1. The minimum absolute atomic E-state index is 0.0832. The highest BCUT2D eigenvalue weighted by Gasteiger charge is 2.05. The van der Waals surface area contributed by atoms with E-state index < -0.39 is 0 Å². The van der Waals surface area contributed by atoms with Crippen molar-refractivity contribution in [3.8, 4) is 11.5 Å². The Balaban J connectivity index is 1.86. The molecule has 110 valence electrons. The first-order chi connectivity index (χ1) is 10.2. The Labute approximate surface area is 122 Å². The lowest BCUT2D eigenvalue weighted by atomic mass is 10.3. The van der Waals surface area contributed by atoms with Gasteiger partial charge in [0.25, 0.3) is 5.91 Å². The van der Waals surface area contributed by atoms with Crippen LogP contribution in [0.15, 0.2) is 42.6 Å². The fraction of sp³-hybridized carbons (Fsp3) is 0.200. The number of methoxy groups -OCH3 is 1. The van der Waals surface area contributed by atoms with Crippen molar-refractivity contribution < 1.29 is 19.4 Å². The Hall–Kier alpha value is -2.60. The zero-order valence-corrected chi connectivity index (χ0v) is 11.6. The number of carbonyl (C=O) groups is 1. The molecular formula is C15H16N2O4. The van der Waals surface area contributed by atoms with Gasteiger partial charge < -0.3 is 19.9 Å². The van der Waals surface area contributed by atoms with E-state index in [2.05, 4.69) is 10.3 Å². The molecule has 0 aliphatic carbocycles. The lowest BCUT2D eigenvalue weighted by molar-refractivity contribution is -0.118. The molecule has 21 heavy (non-hydrogen) atoms. The van der Waals surface area contributed by atoms with Crippen molar-refractivity contribution in [1.82, 2.24) is 4.98 Å². The van der Waals surface area contributed by atoms with E-state index in [1.54, 1.807) is 43.5 Å². The number of anilines is 1. The largest absolute Gasteiger partial charge is 0.497 e. The smallest absolute Gasteiger partial charge is 0.263 e. The summed E-state index contributed by atoms with van der Waals surface area (Å²) in [5.41, 5.74) is 0.681. The van der Waals surface area contributed by atoms with Crippen LogP contribution in [0.3, 0.4) is 0 Å². The van der Waals surface area contributed by atoms with Gasteiger partial charge in [-0.2, -0.15) is 0 Å². The SMILES string of the molecule is COc1cccc(OCC(=O)Nc2ccc(CO)cn2)c1. The number of benzene rings is 1. The maximum atomic E-state index is 11.7. The summed E-state index contributed by atoms with van der Waals surface area (Å²) in [6, 6.07) is 10.3. The third-order valence-electron chi connectivity index (χ3n) is 2.69. The minimum atomic E-state index is -0.318. The van der Waals surface area contributed by atoms with Gasteiger partial charge in [0.05, 0.1) is 13.7 Å². The predicted molar refractivity (Wildman–Crippen MR) is 77.3 cm³/mol. The zero-order chi connectivity index (χ0) is 15.1. The molecule has 0 bridgehead atoms. The van der Waals surface area contributed by atoms with Gasteiger partial charge in [0, 0.05) is 12.3 Å². The molecule has 0 aliphatic heterocycles. The number of hydrogen-bond acceptors (Lipinski definition) is 5. The van der Waals surface area contributed by atoms with Crippen LogP contribution in [0.1, 0.15) is 5.56 Å². The molecule has 0 spiro atoms. The molecule has 0 aliphatic rings. The lowest BCUT2D eigenvalue weighted by Crippen LogP contribution is -2.20. The average molecular weight is 288 g/mol. The van der Waals surface area contributed by atoms with Gasteiger partial charge in [-0.3, -0.25) is 4.79 Å². The van der Waals surface area contributed by atoms with Crippen LogP contribution in [0, 0.1) is 0 Å². The van der Waals surface area contributed by atoms with E-state index in [4.69, 9.17) is 14.6 Å². The average Bonchev–Trinajstić information content (AvgIpc) is 2.54.